The van der Waals surface area contributed by atoms with E-state index in [1.54, 1.807) is 14.2 Å². The van der Waals surface area contributed by atoms with Crippen LogP contribution in [0.2, 0.25) is 0 Å². The number of ether oxygens (including phenoxy) is 2. The van der Waals surface area contributed by atoms with Gasteiger partial charge in [0.2, 0.25) is 0 Å². The quantitative estimate of drug-likeness (QED) is 0.115. The molecule has 7 heteroatoms. The number of allylic oxidation sites excluding steroid dienone is 2. The molecule has 4 rings (SSSR count). The molecular weight excluding hydrogens is 632 g/mol. The van der Waals surface area contributed by atoms with Crippen molar-refractivity contribution in [3.05, 3.63) is 24.3 Å². The summed E-state index contributed by atoms with van der Waals surface area (Å²) in [6.45, 7) is 1.58. The van der Waals surface area contributed by atoms with Gasteiger partial charge in [0, 0.05) is 14.2 Å². The minimum absolute atomic E-state index is 0.244. The molecule has 0 radical (unpaired) electrons. The summed E-state index contributed by atoms with van der Waals surface area (Å²) >= 11 is 0.569. The fraction of sp³-hybridized carbons (Fsp3) is 0.882. The Labute approximate surface area is 272 Å². The zero-order valence-electron chi connectivity index (χ0n) is 26.4. The Balaban J connectivity index is 0.000000262. The number of methoxy groups -OCH3 is 2. The summed E-state index contributed by atoms with van der Waals surface area (Å²) < 4.78 is 10.3. The first-order valence-electron chi connectivity index (χ1n) is 16.9. The Morgan fingerprint density at radius 2 is 0.732 bits per heavy atom. The monoisotopic (exact) mass is 692 g/mol. The summed E-state index contributed by atoms with van der Waals surface area (Å²) in [5, 5.41) is 0. The molecule has 0 spiro atoms. The van der Waals surface area contributed by atoms with Crippen LogP contribution in [0.1, 0.15) is 128 Å². The average Bonchev–Trinajstić information content (AvgIpc) is 3.03. The van der Waals surface area contributed by atoms with Gasteiger partial charge in [0.05, 0.1) is 13.2 Å². The number of hydrogen-bond acceptors (Lipinski definition) is 2. The number of rotatable bonds is 12. The van der Waals surface area contributed by atoms with Crippen LogP contribution in [0.25, 0.3) is 0 Å². The molecule has 0 unspecified atom stereocenters. The van der Waals surface area contributed by atoms with Gasteiger partial charge >= 0.3 is 33.0 Å². The molecule has 2 nitrogen and oxygen atoms in total. The van der Waals surface area contributed by atoms with Crippen LogP contribution >= 0.6 is 36.2 Å². The van der Waals surface area contributed by atoms with Gasteiger partial charge < -0.3 is 9.47 Å². The molecule has 0 aliphatic heterocycles. The van der Waals surface area contributed by atoms with Crippen molar-refractivity contribution < 1.29 is 22.1 Å². The first kappa shape index (κ1) is 38.5. The van der Waals surface area contributed by atoms with E-state index in [1.165, 1.54) is 141 Å². The van der Waals surface area contributed by atoms with E-state index in [-0.39, 0.29) is 15.8 Å². The molecule has 4 aliphatic carbocycles. The molecule has 0 aromatic carbocycles. The van der Waals surface area contributed by atoms with Gasteiger partial charge in [0.15, 0.2) is 0 Å². The SMILES string of the molecule is COCC=CCP(C1CCCCC1)C1CCCCC1.COCC=CCP(C1CCCCC1)C1CCCCC1.[Cl][Ni][Cl]. The maximum absolute atomic E-state index is 5.14. The summed E-state index contributed by atoms with van der Waals surface area (Å²) in [5.74, 6) is 0. The number of hydrogen-bond donors (Lipinski definition) is 0. The zero-order chi connectivity index (χ0) is 29.4. The Bertz CT molecular complexity index is 555. The molecule has 4 saturated carbocycles. The normalized spacial score (nSPS) is 22.3. The first-order chi connectivity index (χ1) is 20.2. The molecule has 0 N–H and O–H groups in total. The van der Waals surface area contributed by atoms with Crippen LogP contribution in [-0.2, 0) is 22.1 Å². The van der Waals surface area contributed by atoms with Crippen molar-refractivity contribution in [2.45, 2.75) is 151 Å². The molecule has 244 valence electrons. The Kier molecular flexibility index (Phi) is 24.9. The summed E-state index contributed by atoms with van der Waals surface area (Å²) in [4.78, 5) is 0. The molecule has 0 aromatic rings. The minimum atomic E-state index is 0.244. The summed E-state index contributed by atoms with van der Waals surface area (Å²) in [7, 11) is 13.5. The van der Waals surface area contributed by atoms with Crippen LogP contribution in [0.4, 0.5) is 0 Å². The van der Waals surface area contributed by atoms with Crippen LogP contribution in [0.3, 0.4) is 0 Å². The molecule has 0 bridgehead atoms. The second-order valence-electron chi connectivity index (χ2n) is 12.5. The fourth-order valence-electron chi connectivity index (χ4n) is 7.56. The van der Waals surface area contributed by atoms with E-state index in [9.17, 15) is 0 Å². The second kappa shape index (κ2) is 26.5. The first-order valence-corrected chi connectivity index (χ1v) is 22.9. The van der Waals surface area contributed by atoms with E-state index >= 15 is 0 Å². The van der Waals surface area contributed by atoms with Crippen LogP contribution in [0.5, 0.6) is 0 Å². The van der Waals surface area contributed by atoms with Crippen molar-refractivity contribution >= 4 is 36.2 Å². The molecule has 41 heavy (non-hydrogen) atoms. The van der Waals surface area contributed by atoms with Gasteiger partial charge in [-0.1, -0.05) is 117 Å². The predicted octanol–water partition coefficient (Wildman–Crippen LogP) is 12.0. The standard InChI is InChI=1S/2C17H31OP.2ClH.Ni/c2*1-18-14-8-9-15-19(16-10-4-2-5-11-16)17-12-6-3-7-13-17;;;/h2*8-9,16-17H,2-7,10-15H2,1H3;2*1H;/q;;;;+2/p-2. The summed E-state index contributed by atoms with van der Waals surface area (Å²) in [5.41, 5.74) is 4.33. The topological polar surface area (TPSA) is 18.5 Å². The van der Waals surface area contributed by atoms with Crippen molar-refractivity contribution in [3.63, 3.8) is 0 Å². The number of halogens is 2. The predicted molar refractivity (Wildman–Crippen MR) is 185 cm³/mol. The van der Waals surface area contributed by atoms with E-state index in [1.807, 2.05) is 0 Å². The molecular formula is C34H62Cl2NiO2P2. The molecule has 4 aliphatic rings. The van der Waals surface area contributed by atoms with E-state index in [0.717, 1.165) is 35.8 Å². The molecule has 0 aromatic heterocycles. The van der Waals surface area contributed by atoms with Crippen molar-refractivity contribution in [3.8, 4) is 0 Å². The van der Waals surface area contributed by atoms with Crippen molar-refractivity contribution in [1.82, 2.24) is 0 Å². The van der Waals surface area contributed by atoms with E-state index < -0.39 is 0 Å². The molecule has 4 fully saturated rings. The van der Waals surface area contributed by atoms with Gasteiger partial charge in [-0.05, 0) is 86.3 Å². The van der Waals surface area contributed by atoms with Gasteiger partial charge in [-0.2, -0.15) is 0 Å². The van der Waals surface area contributed by atoms with Crippen molar-refractivity contribution in [1.29, 1.82) is 0 Å². The van der Waals surface area contributed by atoms with Gasteiger partial charge in [0.1, 0.15) is 0 Å². The van der Waals surface area contributed by atoms with E-state index in [2.05, 4.69) is 24.3 Å². The third-order valence-electron chi connectivity index (χ3n) is 9.67. The van der Waals surface area contributed by atoms with Crippen molar-refractivity contribution in [2.75, 3.05) is 39.8 Å². The molecule has 0 heterocycles. The summed E-state index contributed by atoms with van der Waals surface area (Å²) in [6, 6.07) is 0. The third-order valence-corrected chi connectivity index (χ3v) is 16.7. The second-order valence-corrected chi connectivity index (χ2v) is 19.8. The Morgan fingerprint density at radius 1 is 0.488 bits per heavy atom. The molecule has 0 atom stereocenters. The van der Waals surface area contributed by atoms with Gasteiger partial charge in [-0.25, -0.2) is 0 Å². The summed E-state index contributed by atoms with van der Waals surface area (Å²) in [6.07, 6.45) is 42.2. The van der Waals surface area contributed by atoms with E-state index in [0.29, 0.717) is 12.7 Å². The van der Waals surface area contributed by atoms with Gasteiger partial charge in [-0.15, -0.1) is 0 Å². The van der Waals surface area contributed by atoms with Crippen LogP contribution in [0.15, 0.2) is 24.3 Å². The third kappa shape index (κ3) is 17.0. The maximum atomic E-state index is 5.14. The zero-order valence-corrected chi connectivity index (χ0v) is 30.7. The van der Waals surface area contributed by atoms with Crippen LogP contribution < -0.4 is 0 Å². The van der Waals surface area contributed by atoms with Gasteiger partial charge in [-0.3, -0.25) is 0 Å². The van der Waals surface area contributed by atoms with Crippen molar-refractivity contribution in [2.24, 2.45) is 0 Å². The van der Waals surface area contributed by atoms with Gasteiger partial charge in [0.25, 0.3) is 0 Å². The van der Waals surface area contributed by atoms with Crippen LogP contribution in [0, 0.1) is 0 Å². The fourth-order valence-corrected chi connectivity index (χ4v) is 14.8. The Morgan fingerprint density at radius 3 is 0.951 bits per heavy atom. The van der Waals surface area contributed by atoms with Crippen LogP contribution in [-0.4, -0.2) is 62.4 Å². The average molecular weight is 694 g/mol. The molecule has 0 saturated heterocycles. The Hall–Kier alpha value is 1.33. The van der Waals surface area contributed by atoms with E-state index in [4.69, 9.17) is 29.9 Å². The molecule has 0 amide bonds.